The van der Waals surface area contributed by atoms with Crippen LogP contribution in [0, 0.1) is 0 Å². The summed E-state index contributed by atoms with van der Waals surface area (Å²) >= 11 is 1.95. The topological polar surface area (TPSA) is 3.24 Å². The highest BCUT2D eigenvalue weighted by Crippen LogP contribution is 2.14. The minimum absolute atomic E-state index is 1.30. The van der Waals surface area contributed by atoms with Gasteiger partial charge >= 0.3 is 0 Å². The molecule has 0 saturated carbocycles. The van der Waals surface area contributed by atoms with Crippen LogP contribution in [0.1, 0.15) is 110 Å². The molecule has 22 heavy (non-hydrogen) atoms. The van der Waals surface area contributed by atoms with Gasteiger partial charge in [0.1, 0.15) is 0 Å². The Morgan fingerprint density at radius 1 is 0.500 bits per heavy atom. The number of hydrogen-bond donors (Lipinski definition) is 0. The molecule has 0 unspecified atom stereocenters. The van der Waals surface area contributed by atoms with Crippen LogP contribution in [0.25, 0.3) is 0 Å². The Kier molecular flexibility index (Phi) is 19.6. The zero-order chi connectivity index (χ0) is 16.3. The molecular weight excluding hydrogens is 286 g/mol. The van der Waals surface area contributed by atoms with Crippen LogP contribution in [-0.4, -0.2) is 24.2 Å². The number of rotatable bonds is 18. The van der Waals surface area contributed by atoms with Crippen molar-refractivity contribution < 1.29 is 0 Å². The minimum Gasteiger partial charge on any atom is -0.257 e. The summed E-state index contributed by atoms with van der Waals surface area (Å²) < 4.78 is 2.21. The first-order valence-corrected chi connectivity index (χ1v) is 11.0. The van der Waals surface area contributed by atoms with E-state index in [9.17, 15) is 0 Å². The molecule has 0 aromatic heterocycles. The zero-order valence-corrected chi connectivity index (χ0v) is 16.7. The predicted molar refractivity (Wildman–Crippen MR) is 106 cm³/mol. The molecule has 0 aliphatic heterocycles. The molecule has 0 spiro atoms. The fourth-order valence-corrected chi connectivity index (χ4v) is 3.60. The van der Waals surface area contributed by atoms with Gasteiger partial charge < -0.3 is 0 Å². The molecule has 0 aromatic carbocycles. The summed E-state index contributed by atoms with van der Waals surface area (Å²) in [7, 11) is 4.27. The van der Waals surface area contributed by atoms with Crippen LogP contribution >= 0.6 is 11.9 Å². The molecule has 0 atom stereocenters. The van der Waals surface area contributed by atoms with Gasteiger partial charge in [-0.05, 0) is 20.5 Å². The Hall–Kier alpha value is 0.310. The van der Waals surface area contributed by atoms with Crippen molar-refractivity contribution in [1.82, 2.24) is 4.31 Å². The molecule has 0 aromatic rings. The van der Waals surface area contributed by atoms with Gasteiger partial charge in [0.2, 0.25) is 0 Å². The van der Waals surface area contributed by atoms with Gasteiger partial charge in [0.25, 0.3) is 0 Å². The van der Waals surface area contributed by atoms with Crippen molar-refractivity contribution in [1.29, 1.82) is 0 Å². The quantitative estimate of drug-likeness (QED) is 0.190. The molecule has 0 heterocycles. The number of nitrogens with zero attached hydrogens (tertiary/aromatic N) is 1. The lowest BCUT2D eigenvalue weighted by Crippen LogP contribution is -2.00. The van der Waals surface area contributed by atoms with Crippen LogP contribution in [0.5, 0.6) is 0 Å². The minimum atomic E-state index is 1.30. The molecule has 1 nitrogen and oxygen atoms in total. The van der Waals surface area contributed by atoms with Crippen LogP contribution in [-0.2, 0) is 0 Å². The lowest BCUT2D eigenvalue weighted by molar-refractivity contribution is 0.531. The molecule has 0 aliphatic rings. The maximum absolute atomic E-state index is 2.30. The average Bonchev–Trinajstić information content (AvgIpc) is 2.50. The summed E-state index contributed by atoms with van der Waals surface area (Å²) in [5, 5.41) is 0. The van der Waals surface area contributed by atoms with Crippen molar-refractivity contribution in [2.75, 3.05) is 19.8 Å². The largest absolute Gasteiger partial charge is 0.257 e. The van der Waals surface area contributed by atoms with E-state index < -0.39 is 0 Å². The van der Waals surface area contributed by atoms with Gasteiger partial charge in [-0.25, -0.2) is 0 Å². The van der Waals surface area contributed by atoms with Crippen LogP contribution in [0.15, 0.2) is 0 Å². The summed E-state index contributed by atoms with van der Waals surface area (Å²) in [5.41, 5.74) is 0. The van der Waals surface area contributed by atoms with Gasteiger partial charge in [-0.3, -0.25) is 4.31 Å². The molecule has 0 radical (unpaired) electrons. The van der Waals surface area contributed by atoms with E-state index in [0.29, 0.717) is 0 Å². The average molecular weight is 330 g/mol. The third-order valence-corrected chi connectivity index (χ3v) is 5.34. The van der Waals surface area contributed by atoms with Crippen molar-refractivity contribution in [2.24, 2.45) is 0 Å². The van der Waals surface area contributed by atoms with Crippen molar-refractivity contribution in [3.05, 3.63) is 0 Å². The first-order chi connectivity index (χ1) is 10.8. The molecule has 0 bridgehead atoms. The van der Waals surface area contributed by atoms with Crippen molar-refractivity contribution >= 4 is 11.9 Å². The van der Waals surface area contributed by atoms with Gasteiger partial charge in [-0.1, -0.05) is 115 Å². The van der Waals surface area contributed by atoms with Crippen LogP contribution in [0.4, 0.5) is 0 Å². The van der Waals surface area contributed by atoms with Gasteiger partial charge in [-0.15, -0.1) is 0 Å². The van der Waals surface area contributed by atoms with Crippen molar-refractivity contribution in [3.8, 4) is 0 Å². The number of unbranched alkanes of at least 4 members (excludes halogenated alkanes) is 15. The molecular formula is C20H43NS. The smallest absolute Gasteiger partial charge is 0.00806 e. The Labute approximate surface area is 146 Å². The van der Waals surface area contributed by atoms with Gasteiger partial charge in [-0.2, -0.15) is 0 Å². The second-order valence-electron chi connectivity index (χ2n) is 6.95. The predicted octanol–water partition coefficient (Wildman–Crippen LogP) is 7.46. The molecule has 2 heteroatoms. The third kappa shape index (κ3) is 20.3. The highest BCUT2D eigenvalue weighted by atomic mass is 32.2. The Morgan fingerprint density at radius 2 is 0.818 bits per heavy atom. The fourth-order valence-electron chi connectivity index (χ4n) is 2.90. The monoisotopic (exact) mass is 329 g/mol. The Bertz CT molecular complexity index is 194. The molecule has 0 N–H and O–H groups in total. The van der Waals surface area contributed by atoms with E-state index in [2.05, 4.69) is 25.3 Å². The highest BCUT2D eigenvalue weighted by molar-refractivity contribution is 7.96. The second-order valence-corrected chi connectivity index (χ2v) is 8.35. The van der Waals surface area contributed by atoms with Crippen LogP contribution < -0.4 is 0 Å². The standard InChI is InChI=1S/C20H43NS/c1-4-5-6-7-8-9-10-11-12-13-14-15-16-17-18-19-20-22-21(2)3/h4-20H2,1-3H3. The van der Waals surface area contributed by atoms with E-state index in [4.69, 9.17) is 0 Å². The highest BCUT2D eigenvalue weighted by Gasteiger charge is 1.95. The van der Waals surface area contributed by atoms with E-state index in [0.717, 1.165) is 0 Å². The molecule has 0 saturated heterocycles. The molecule has 134 valence electrons. The normalized spacial score (nSPS) is 11.5. The lowest BCUT2D eigenvalue weighted by atomic mass is 10.0. The van der Waals surface area contributed by atoms with E-state index >= 15 is 0 Å². The maximum atomic E-state index is 2.30. The summed E-state index contributed by atoms with van der Waals surface area (Å²) in [6, 6.07) is 0. The first-order valence-electron chi connectivity index (χ1n) is 10.1. The maximum Gasteiger partial charge on any atom is 0.00806 e. The molecule has 0 fully saturated rings. The van der Waals surface area contributed by atoms with Gasteiger partial charge in [0.05, 0.1) is 0 Å². The van der Waals surface area contributed by atoms with E-state index in [1.165, 1.54) is 108 Å². The second kappa shape index (κ2) is 19.4. The summed E-state index contributed by atoms with van der Waals surface area (Å²) in [4.78, 5) is 0. The SMILES string of the molecule is CCCCCCCCCCCCCCCCCCSN(C)C. The third-order valence-electron chi connectivity index (χ3n) is 4.35. The molecule has 0 aliphatic carbocycles. The van der Waals surface area contributed by atoms with E-state index in [1.54, 1.807) is 0 Å². The Balaban J connectivity index is 2.94. The van der Waals surface area contributed by atoms with Crippen LogP contribution in [0.2, 0.25) is 0 Å². The summed E-state index contributed by atoms with van der Waals surface area (Å²) in [5.74, 6) is 1.30. The van der Waals surface area contributed by atoms with Gasteiger partial charge in [0, 0.05) is 5.75 Å². The summed E-state index contributed by atoms with van der Waals surface area (Å²) in [6.45, 7) is 2.30. The first kappa shape index (κ1) is 22.3. The molecule has 0 rings (SSSR count). The Morgan fingerprint density at radius 3 is 1.14 bits per heavy atom. The zero-order valence-electron chi connectivity index (χ0n) is 15.9. The van der Waals surface area contributed by atoms with Crippen molar-refractivity contribution in [3.63, 3.8) is 0 Å². The van der Waals surface area contributed by atoms with Gasteiger partial charge in [0.15, 0.2) is 0 Å². The fraction of sp³-hybridized carbons (Fsp3) is 1.00. The van der Waals surface area contributed by atoms with E-state index in [1.807, 2.05) is 11.9 Å². The summed E-state index contributed by atoms with van der Waals surface area (Å²) in [6.07, 6.45) is 23.3. The van der Waals surface area contributed by atoms with E-state index in [-0.39, 0.29) is 0 Å². The van der Waals surface area contributed by atoms with Crippen molar-refractivity contribution in [2.45, 2.75) is 110 Å². The lowest BCUT2D eigenvalue weighted by Gasteiger charge is -2.07. The molecule has 0 amide bonds. The van der Waals surface area contributed by atoms with Crippen LogP contribution in [0.3, 0.4) is 0 Å². The number of hydrogen-bond acceptors (Lipinski definition) is 2.